The Morgan fingerprint density at radius 2 is 1.90 bits per heavy atom. The second-order valence-corrected chi connectivity index (χ2v) is 7.15. The van der Waals surface area contributed by atoms with Gasteiger partial charge in [0.1, 0.15) is 0 Å². The minimum Gasteiger partial charge on any atom is -0.312 e. The van der Waals surface area contributed by atoms with Crippen molar-refractivity contribution in [3.63, 3.8) is 0 Å². The van der Waals surface area contributed by atoms with Crippen LogP contribution in [-0.2, 0) is 19.6 Å². The van der Waals surface area contributed by atoms with Crippen molar-refractivity contribution in [1.29, 1.82) is 0 Å². The maximum atomic E-state index is 5.93. The number of nitrogens with zero attached hydrogens (tertiary/aromatic N) is 1. The van der Waals surface area contributed by atoms with Gasteiger partial charge in [-0.15, -0.1) is 11.3 Å². The van der Waals surface area contributed by atoms with E-state index in [4.69, 9.17) is 11.6 Å². The van der Waals surface area contributed by atoms with E-state index in [-0.39, 0.29) is 0 Å². The maximum Gasteiger partial charge on any atom is 0.0406 e. The average Bonchev–Trinajstić information content (AvgIpc) is 2.79. The zero-order valence-electron chi connectivity index (χ0n) is 12.9. The van der Waals surface area contributed by atoms with Gasteiger partial charge in [-0.25, -0.2) is 0 Å². The average molecular weight is 323 g/mol. The molecule has 0 radical (unpaired) electrons. The van der Waals surface area contributed by atoms with E-state index in [9.17, 15) is 0 Å². The number of halogens is 1. The molecule has 0 aliphatic rings. The Bertz CT molecular complexity index is 563. The van der Waals surface area contributed by atoms with Gasteiger partial charge in [-0.2, -0.15) is 0 Å². The van der Waals surface area contributed by atoms with Crippen LogP contribution in [0.4, 0.5) is 0 Å². The van der Waals surface area contributed by atoms with Crippen molar-refractivity contribution in [3.05, 3.63) is 56.2 Å². The molecule has 0 bridgehead atoms. The summed E-state index contributed by atoms with van der Waals surface area (Å²) in [6.07, 6.45) is 0. The first-order valence-corrected chi connectivity index (χ1v) is 8.49. The summed E-state index contributed by atoms with van der Waals surface area (Å²) in [5.41, 5.74) is 2.73. The van der Waals surface area contributed by atoms with Crippen molar-refractivity contribution in [2.75, 3.05) is 13.6 Å². The quantitative estimate of drug-likeness (QED) is 0.810. The topological polar surface area (TPSA) is 15.3 Å². The largest absolute Gasteiger partial charge is 0.312 e. The molecule has 0 fully saturated rings. The van der Waals surface area contributed by atoms with E-state index in [1.165, 1.54) is 20.9 Å². The minimum atomic E-state index is 0.795. The normalized spacial score (nSPS) is 11.3. The summed E-state index contributed by atoms with van der Waals surface area (Å²) in [6.45, 7) is 8.27. The van der Waals surface area contributed by atoms with Gasteiger partial charge in [0, 0.05) is 34.4 Å². The highest BCUT2D eigenvalue weighted by Gasteiger charge is 2.08. The van der Waals surface area contributed by atoms with Crippen LogP contribution >= 0.6 is 22.9 Å². The molecular formula is C17H23ClN2S. The van der Waals surface area contributed by atoms with Gasteiger partial charge in [-0.05, 0) is 49.8 Å². The molecule has 2 nitrogen and oxygen atoms in total. The van der Waals surface area contributed by atoms with Gasteiger partial charge >= 0.3 is 0 Å². The van der Waals surface area contributed by atoms with E-state index in [1.807, 2.05) is 23.5 Å². The number of aryl methyl sites for hydroxylation is 1. The summed E-state index contributed by atoms with van der Waals surface area (Å²) < 4.78 is 0. The maximum absolute atomic E-state index is 5.93. The highest BCUT2D eigenvalue weighted by atomic mass is 35.5. The molecule has 21 heavy (non-hydrogen) atoms. The molecule has 1 N–H and O–H groups in total. The van der Waals surface area contributed by atoms with Crippen LogP contribution in [0.1, 0.15) is 27.8 Å². The molecular weight excluding hydrogens is 300 g/mol. The highest BCUT2D eigenvalue weighted by molar-refractivity contribution is 7.12. The molecule has 1 aromatic carbocycles. The standard InChI is InChI=1S/C17H23ClN2S/c1-4-19-10-17-9-15(13(2)21-17)12-20(3)11-14-5-7-16(18)8-6-14/h5-9,19H,4,10-12H2,1-3H3. The molecule has 1 aromatic heterocycles. The van der Waals surface area contributed by atoms with E-state index in [0.29, 0.717) is 0 Å². The van der Waals surface area contributed by atoms with E-state index in [1.54, 1.807) is 0 Å². The van der Waals surface area contributed by atoms with E-state index >= 15 is 0 Å². The zero-order chi connectivity index (χ0) is 15.2. The number of nitrogens with one attached hydrogen (secondary N) is 1. The van der Waals surface area contributed by atoms with Crippen molar-refractivity contribution in [1.82, 2.24) is 10.2 Å². The summed E-state index contributed by atoms with van der Waals surface area (Å²) in [7, 11) is 2.16. The lowest BCUT2D eigenvalue weighted by Gasteiger charge is -2.16. The van der Waals surface area contributed by atoms with Crippen LogP contribution in [0.3, 0.4) is 0 Å². The fraction of sp³-hybridized carbons (Fsp3) is 0.412. The molecule has 2 aromatic rings. The SMILES string of the molecule is CCNCc1cc(CN(C)Cc2ccc(Cl)cc2)c(C)s1. The van der Waals surface area contributed by atoms with Crippen molar-refractivity contribution >= 4 is 22.9 Å². The molecule has 0 saturated carbocycles. The molecule has 2 rings (SSSR count). The van der Waals surface area contributed by atoms with E-state index in [0.717, 1.165) is 31.2 Å². The zero-order valence-corrected chi connectivity index (χ0v) is 14.5. The van der Waals surface area contributed by atoms with Crippen LogP contribution in [0.2, 0.25) is 5.02 Å². The summed E-state index contributed by atoms with van der Waals surface area (Å²) in [5.74, 6) is 0. The molecule has 0 spiro atoms. The van der Waals surface area contributed by atoms with Crippen LogP contribution in [0.5, 0.6) is 0 Å². The first-order valence-electron chi connectivity index (χ1n) is 7.30. The van der Waals surface area contributed by atoms with Crippen LogP contribution in [0, 0.1) is 6.92 Å². The molecule has 1 heterocycles. The second-order valence-electron chi connectivity index (χ2n) is 5.37. The Morgan fingerprint density at radius 1 is 1.19 bits per heavy atom. The number of hydrogen-bond donors (Lipinski definition) is 1. The van der Waals surface area contributed by atoms with Gasteiger partial charge < -0.3 is 5.32 Å². The molecule has 0 unspecified atom stereocenters. The fourth-order valence-corrected chi connectivity index (χ4v) is 3.48. The Balaban J connectivity index is 1.94. The lowest BCUT2D eigenvalue weighted by Crippen LogP contribution is -2.17. The number of benzene rings is 1. The lowest BCUT2D eigenvalue weighted by atomic mass is 10.2. The fourth-order valence-electron chi connectivity index (χ4n) is 2.33. The van der Waals surface area contributed by atoms with Crippen molar-refractivity contribution in [2.24, 2.45) is 0 Å². The Morgan fingerprint density at radius 3 is 2.57 bits per heavy atom. The van der Waals surface area contributed by atoms with Gasteiger partial charge in [-0.3, -0.25) is 4.90 Å². The van der Waals surface area contributed by atoms with E-state index < -0.39 is 0 Å². The van der Waals surface area contributed by atoms with Gasteiger partial charge in [0.25, 0.3) is 0 Å². The van der Waals surface area contributed by atoms with Gasteiger partial charge in [-0.1, -0.05) is 30.7 Å². The second kappa shape index (κ2) is 7.95. The predicted molar refractivity (Wildman–Crippen MR) is 93.1 cm³/mol. The summed E-state index contributed by atoms with van der Waals surface area (Å²) in [5, 5.41) is 4.18. The van der Waals surface area contributed by atoms with Crippen LogP contribution < -0.4 is 5.32 Å². The molecule has 0 aliphatic heterocycles. The summed E-state index contributed by atoms with van der Waals surface area (Å²) in [6, 6.07) is 10.4. The Kier molecular flexibility index (Phi) is 6.24. The van der Waals surface area contributed by atoms with Crippen molar-refractivity contribution in [2.45, 2.75) is 33.5 Å². The van der Waals surface area contributed by atoms with Crippen LogP contribution in [-0.4, -0.2) is 18.5 Å². The summed E-state index contributed by atoms with van der Waals surface area (Å²) in [4.78, 5) is 5.19. The van der Waals surface area contributed by atoms with Crippen LogP contribution in [0.15, 0.2) is 30.3 Å². The highest BCUT2D eigenvalue weighted by Crippen LogP contribution is 2.23. The lowest BCUT2D eigenvalue weighted by molar-refractivity contribution is 0.319. The number of thiophene rings is 1. The monoisotopic (exact) mass is 322 g/mol. The van der Waals surface area contributed by atoms with Gasteiger partial charge in [0.2, 0.25) is 0 Å². The smallest absolute Gasteiger partial charge is 0.0406 e. The molecule has 0 saturated heterocycles. The summed E-state index contributed by atoms with van der Waals surface area (Å²) >= 11 is 7.82. The third-order valence-corrected chi connectivity index (χ3v) is 4.77. The Labute approximate surface area is 136 Å². The first-order chi connectivity index (χ1) is 10.1. The van der Waals surface area contributed by atoms with Crippen molar-refractivity contribution < 1.29 is 0 Å². The third kappa shape index (κ3) is 5.11. The third-order valence-electron chi connectivity index (χ3n) is 3.43. The number of rotatable bonds is 7. The minimum absolute atomic E-state index is 0.795. The molecule has 0 atom stereocenters. The Hall–Kier alpha value is -0.870. The van der Waals surface area contributed by atoms with Gasteiger partial charge in [0.15, 0.2) is 0 Å². The molecule has 114 valence electrons. The molecule has 0 aliphatic carbocycles. The molecule has 0 amide bonds. The predicted octanol–water partition coefficient (Wildman–Crippen LogP) is 4.45. The first kappa shape index (κ1) is 16.5. The van der Waals surface area contributed by atoms with Crippen LogP contribution in [0.25, 0.3) is 0 Å². The molecule has 4 heteroatoms. The van der Waals surface area contributed by atoms with E-state index in [2.05, 4.69) is 49.3 Å². The van der Waals surface area contributed by atoms with Gasteiger partial charge in [0.05, 0.1) is 0 Å². The van der Waals surface area contributed by atoms with Crippen molar-refractivity contribution in [3.8, 4) is 0 Å². The number of hydrogen-bond acceptors (Lipinski definition) is 3.